The second kappa shape index (κ2) is 4.00. The van der Waals surface area contributed by atoms with Crippen LogP contribution < -0.4 is 4.74 Å². The third kappa shape index (κ3) is 2.07. The van der Waals surface area contributed by atoms with Crippen molar-refractivity contribution in [2.24, 2.45) is 0 Å². The van der Waals surface area contributed by atoms with E-state index in [1.54, 1.807) is 6.07 Å². The minimum atomic E-state index is -1.04. The first-order valence-electron chi connectivity index (χ1n) is 4.17. The molecule has 0 aliphatic rings. The monoisotopic (exact) mass is 208 g/mol. The molecule has 3 nitrogen and oxygen atoms in total. The van der Waals surface area contributed by atoms with Gasteiger partial charge in [0, 0.05) is 12.3 Å². The van der Waals surface area contributed by atoms with E-state index in [1.807, 2.05) is 0 Å². The van der Waals surface area contributed by atoms with Gasteiger partial charge in [0.2, 0.25) is 11.7 Å². The number of benzene rings is 1. The predicted octanol–water partition coefficient (Wildman–Crippen LogP) is 2.55. The molecule has 0 aliphatic heterocycles. The zero-order chi connectivity index (χ0) is 10.7. The highest BCUT2D eigenvalue weighted by molar-refractivity contribution is 5.28. The van der Waals surface area contributed by atoms with Crippen molar-refractivity contribution in [1.82, 2.24) is 10.2 Å². The lowest BCUT2D eigenvalue weighted by Gasteiger charge is -2.04. The van der Waals surface area contributed by atoms with Gasteiger partial charge in [-0.3, -0.25) is 0 Å². The summed E-state index contributed by atoms with van der Waals surface area (Å²) in [5, 5.41) is 7.13. The van der Waals surface area contributed by atoms with E-state index < -0.39 is 11.6 Å². The minimum Gasteiger partial charge on any atom is -0.434 e. The van der Waals surface area contributed by atoms with Gasteiger partial charge >= 0.3 is 0 Å². The highest BCUT2D eigenvalue weighted by Crippen LogP contribution is 2.23. The van der Waals surface area contributed by atoms with E-state index in [0.717, 1.165) is 6.07 Å². The van der Waals surface area contributed by atoms with Crippen LogP contribution in [0.15, 0.2) is 36.5 Å². The van der Waals surface area contributed by atoms with Crippen molar-refractivity contribution >= 4 is 0 Å². The molecule has 5 heteroatoms. The van der Waals surface area contributed by atoms with Crippen molar-refractivity contribution in [3.63, 3.8) is 0 Å². The lowest BCUT2D eigenvalue weighted by Crippen LogP contribution is -1.93. The third-order valence-corrected chi connectivity index (χ3v) is 1.68. The first-order chi connectivity index (χ1) is 7.27. The van der Waals surface area contributed by atoms with E-state index in [9.17, 15) is 8.78 Å². The summed E-state index contributed by atoms with van der Waals surface area (Å²) >= 11 is 0. The van der Waals surface area contributed by atoms with Gasteiger partial charge in [0.05, 0.1) is 0 Å². The summed E-state index contributed by atoms with van der Waals surface area (Å²) in [5.41, 5.74) is 0. The maximum Gasteiger partial charge on any atom is 0.238 e. The van der Waals surface area contributed by atoms with E-state index in [2.05, 4.69) is 10.2 Å². The Labute approximate surface area is 84.3 Å². The van der Waals surface area contributed by atoms with E-state index >= 15 is 0 Å². The first-order valence-corrected chi connectivity index (χ1v) is 4.17. The Balaban J connectivity index is 2.29. The van der Waals surface area contributed by atoms with Gasteiger partial charge in [-0.05, 0) is 18.2 Å². The van der Waals surface area contributed by atoms with E-state index in [0.29, 0.717) is 0 Å². The summed E-state index contributed by atoms with van der Waals surface area (Å²) in [6, 6.07) is 6.76. The average molecular weight is 208 g/mol. The molecule has 1 aromatic heterocycles. The van der Waals surface area contributed by atoms with Crippen molar-refractivity contribution in [2.75, 3.05) is 0 Å². The van der Waals surface area contributed by atoms with E-state index in [-0.39, 0.29) is 11.6 Å². The van der Waals surface area contributed by atoms with Crippen LogP contribution in [0.25, 0.3) is 0 Å². The molecule has 0 N–H and O–H groups in total. The topological polar surface area (TPSA) is 35.0 Å². The van der Waals surface area contributed by atoms with Gasteiger partial charge in [0.15, 0.2) is 11.6 Å². The van der Waals surface area contributed by atoms with Crippen LogP contribution in [0.5, 0.6) is 11.6 Å². The molecule has 0 unspecified atom stereocenters. The van der Waals surface area contributed by atoms with Gasteiger partial charge < -0.3 is 4.74 Å². The number of aromatic nitrogens is 2. The van der Waals surface area contributed by atoms with Gasteiger partial charge in [-0.2, -0.15) is 9.49 Å². The molecule has 0 bridgehead atoms. The van der Waals surface area contributed by atoms with Crippen molar-refractivity contribution < 1.29 is 13.5 Å². The van der Waals surface area contributed by atoms with Gasteiger partial charge in [0.1, 0.15) is 0 Å². The highest BCUT2D eigenvalue weighted by atomic mass is 19.2. The fourth-order valence-corrected chi connectivity index (χ4v) is 1.02. The Morgan fingerprint density at radius 2 is 1.93 bits per heavy atom. The van der Waals surface area contributed by atoms with Crippen molar-refractivity contribution in [2.45, 2.75) is 0 Å². The van der Waals surface area contributed by atoms with Gasteiger partial charge in [-0.25, -0.2) is 4.39 Å². The molecular formula is C10H6F2N2O. The lowest BCUT2D eigenvalue weighted by molar-refractivity contribution is 0.401. The van der Waals surface area contributed by atoms with Gasteiger partial charge in [-0.1, -0.05) is 6.07 Å². The Kier molecular flexibility index (Phi) is 2.53. The maximum atomic E-state index is 13.1. The van der Waals surface area contributed by atoms with Crippen molar-refractivity contribution in [3.8, 4) is 11.6 Å². The Morgan fingerprint density at radius 3 is 2.67 bits per heavy atom. The molecule has 0 fully saturated rings. The van der Waals surface area contributed by atoms with Gasteiger partial charge in [-0.15, -0.1) is 5.10 Å². The third-order valence-electron chi connectivity index (χ3n) is 1.68. The molecule has 0 spiro atoms. The van der Waals surface area contributed by atoms with Crippen LogP contribution in [0.4, 0.5) is 8.78 Å². The van der Waals surface area contributed by atoms with Crippen LogP contribution in [0.2, 0.25) is 0 Å². The fourth-order valence-electron chi connectivity index (χ4n) is 1.02. The largest absolute Gasteiger partial charge is 0.434 e. The summed E-state index contributed by atoms with van der Waals surface area (Å²) < 4.78 is 30.9. The molecule has 0 saturated heterocycles. The smallest absolute Gasteiger partial charge is 0.238 e. The summed E-state index contributed by atoms with van der Waals surface area (Å²) in [5.74, 6) is -2.10. The summed E-state index contributed by atoms with van der Waals surface area (Å²) in [4.78, 5) is 0. The molecule has 1 heterocycles. The molecule has 2 aromatic rings. The standard InChI is InChI=1S/C10H6F2N2O/c11-7-3-1-4-8(10(7)12)15-9-5-2-6-13-14-9/h1-6H. The summed E-state index contributed by atoms with van der Waals surface area (Å²) in [7, 11) is 0. The van der Waals surface area contributed by atoms with E-state index in [1.165, 1.54) is 24.4 Å². The Bertz CT molecular complexity index is 462. The predicted molar refractivity (Wildman–Crippen MR) is 48.5 cm³/mol. The summed E-state index contributed by atoms with van der Waals surface area (Å²) in [6.45, 7) is 0. The molecule has 2 rings (SSSR count). The first kappa shape index (κ1) is 9.51. The fraction of sp³-hybridized carbons (Fsp3) is 0. The molecule has 0 saturated carbocycles. The molecule has 0 radical (unpaired) electrons. The molecule has 0 amide bonds. The second-order valence-electron chi connectivity index (χ2n) is 2.72. The van der Waals surface area contributed by atoms with Crippen LogP contribution in [0.1, 0.15) is 0 Å². The maximum absolute atomic E-state index is 13.1. The molecule has 76 valence electrons. The zero-order valence-electron chi connectivity index (χ0n) is 7.52. The molecule has 1 aromatic carbocycles. The van der Waals surface area contributed by atoms with Crippen LogP contribution in [0, 0.1) is 11.6 Å². The number of hydrogen-bond acceptors (Lipinski definition) is 3. The van der Waals surface area contributed by atoms with Crippen LogP contribution in [-0.4, -0.2) is 10.2 Å². The average Bonchev–Trinajstić information content (AvgIpc) is 2.26. The number of nitrogens with zero attached hydrogens (tertiary/aromatic N) is 2. The second-order valence-corrected chi connectivity index (χ2v) is 2.72. The SMILES string of the molecule is Fc1cccc(Oc2cccnn2)c1F. The van der Waals surface area contributed by atoms with Crippen molar-refractivity contribution in [3.05, 3.63) is 48.2 Å². The number of ether oxygens (including phenoxy) is 1. The zero-order valence-corrected chi connectivity index (χ0v) is 7.52. The molecule has 0 aliphatic carbocycles. The van der Waals surface area contributed by atoms with Crippen LogP contribution >= 0.6 is 0 Å². The van der Waals surface area contributed by atoms with Crippen molar-refractivity contribution in [1.29, 1.82) is 0 Å². The van der Waals surface area contributed by atoms with E-state index in [4.69, 9.17) is 4.74 Å². The molecular weight excluding hydrogens is 202 g/mol. The van der Waals surface area contributed by atoms with Crippen LogP contribution in [-0.2, 0) is 0 Å². The number of hydrogen-bond donors (Lipinski definition) is 0. The van der Waals surface area contributed by atoms with Gasteiger partial charge in [0.25, 0.3) is 0 Å². The van der Waals surface area contributed by atoms with Crippen LogP contribution in [0.3, 0.4) is 0 Å². The number of rotatable bonds is 2. The normalized spacial score (nSPS) is 10.0. The quantitative estimate of drug-likeness (QED) is 0.760. The summed E-state index contributed by atoms with van der Waals surface area (Å²) in [6.07, 6.45) is 1.45. The molecule has 0 atom stereocenters. The Morgan fingerprint density at radius 1 is 1.07 bits per heavy atom. The minimum absolute atomic E-state index is 0.113. The highest BCUT2D eigenvalue weighted by Gasteiger charge is 2.09. The number of halogens is 2. The lowest BCUT2D eigenvalue weighted by atomic mass is 10.3. The Hall–Kier alpha value is -2.04. The molecule has 15 heavy (non-hydrogen) atoms.